The van der Waals surface area contributed by atoms with Crippen LogP contribution >= 0.6 is 12.4 Å². The van der Waals surface area contributed by atoms with Crippen molar-refractivity contribution in [1.29, 1.82) is 0 Å². The lowest BCUT2D eigenvalue weighted by Gasteiger charge is -2.38. The molecule has 0 N–H and O–H groups in total. The lowest BCUT2D eigenvalue weighted by molar-refractivity contribution is -0.137. The van der Waals surface area contributed by atoms with E-state index >= 15 is 0 Å². The second kappa shape index (κ2) is 14.1. The minimum Gasteiger partial charge on any atom is -0.494 e. The van der Waals surface area contributed by atoms with E-state index in [0.29, 0.717) is 38.3 Å². The summed E-state index contributed by atoms with van der Waals surface area (Å²) in [7, 11) is 4.12. The van der Waals surface area contributed by atoms with Gasteiger partial charge in [0.1, 0.15) is 17.9 Å². The van der Waals surface area contributed by atoms with Gasteiger partial charge >= 0.3 is 0 Å². The molecule has 1 saturated carbocycles. The first-order chi connectivity index (χ1) is 19.0. The Labute approximate surface area is 243 Å². The predicted octanol–water partition coefficient (Wildman–Crippen LogP) is 3.48. The van der Waals surface area contributed by atoms with Crippen LogP contribution in [0.4, 0.5) is 5.82 Å². The molecule has 3 aromatic rings. The molecule has 1 aliphatic heterocycles. The Hall–Kier alpha value is -2.95. The number of carbonyl (C=O) groups excluding carboxylic acids is 1. The van der Waals surface area contributed by atoms with Gasteiger partial charge in [-0.2, -0.15) is 5.10 Å². The van der Waals surface area contributed by atoms with Crippen molar-refractivity contribution in [2.75, 3.05) is 64.9 Å². The van der Waals surface area contributed by atoms with Crippen LogP contribution in [0.5, 0.6) is 5.75 Å². The van der Waals surface area contributed by atoms with E-state index in [1.165, 1.54) is 0 Å². The van der Waals surface area contributed by atoms with Crippen molar-refractivity contribution in [2.24, 2.45) is 5.92 Å². The van der Waals surface area contributed by atoms with Crippen LogP contribution in [0.2, 0.25) is 0 Å². The van der Waals surface area contributed by atoms with E-state index in [-0.39, 0.29) is 18.3 Å². The van der Waals surface area contributed by atoms with Crippen molar-refractivity contribution in [3.05, 3.63) is 42.4 Å². The smallest absolute Gasteiger partial charge is 0.225 e. The fourth-order valence-electron chi connectivity index (χ4n) is 5.60. The number of piperazine rings is 1. The fourth-order valence-corrected chi connectivity index (χ4v) is 5.60. The van der Waals surface area contributed by atoms with Crippen molar-refractivity contribution in [3.8, 4) is 5.75 Å². The zero-order valence-corrected chi connectivity index (χ0v) is 24.7. The summed E-state index contributed by atoms with van der Waals surface area (Å²) in [4.78, 5) is 28.9. The molecule has 2 aliphatic rings. The summed E-state index contributed by atoms with van der Waals surface area (Å²) in [5, 5.41) is 5.56. The number of likely N-dealkylation sites (N-methyl/N-ethyl adjacent to an activating group) is 1. The summed E-state index contributed by atoms with van der Waals surface area (Å²) in [5.74, 6) is 2.17. The summed E-state index contributed by atoms with van der Waals surface area (Å²) < 4.78 is 13.6. The largest absolute Gasteiger partial charge is 0.494 e. The number of rotatable bonds is 10. The van der Waals surface area contributed by atoms with Crippen LogP contribution in [0, 0.1) is 5.92 Å². The van der Waals surface area contributed by atoms with E-state index in [1.807, 2.05) is 40.9 Å². The number of anilines is 1. The van der Waals surface area contributed by atoms with E-state index in [0.717, 1.165) is 80.1 Å². The molecule has 218 valence electrons. The predicted molar refractivity (Wildman–Crippen MR) is 158 cm³/mol. The Bertz CT molecular complexity index is 1240. The first-order valence-electron chi connectivity index (χ1n) is 14.2. The van der Waals surface area contributed by atoms with Crippen molar-refractivity contribution in [2.45, 2.75) is 45.3 Å². The van der Waals surface area contributed by atoms with Gasteiger partial charge in [-0.1, -0.05) is 12.1 Å². The van der Waals surface area contributed by atoms with Crippen LogP contribution in [0.3, 0.4) is 0 Å². The molecule has 0 radical (unpaired) electrons. The topological polar surface area (TPSA) is 88.9 Å². The number of halogens is 1. The Morgan fingerprint density at radius 3 is 2.58 bits per heavy atom. The van der Waals surface area contributed by atoms with E-state index in [1.54, 1.807) is 6.33 Å². The number of ether oxygens (including phenoxy) is 2. The van der Waals surface area contributed by atoms with Crippen molar-refractivity contribution < 1.29 is 14.3 Å². The third kappa shape index (κ3) is 7.21. The number of fused-ring (bicyclic) bond motifs is 1. The number of benzene rings is 1. The van der Waals surface area contributed by atoms with Gasteiger partial charge < -0.3 is 24.2 Å². The molecule has 1 aliphatic carbocycles. The molecule has 2 aromatic heterocycles. The molecule has 10 nitrogen and oxygen atoms in total. The molecule has 1 saturated heterocycles. The van der Waals surface area contributed by atoms with E-state index in [2.05, 4.69) is 45.0 Å². The molecule has 1 aromatic carbocycles. The zero-order chi connectivity index (χ0) is 27.2. The molecule has 11 heteroatoms. The molecule has 40 heavy (non-hydrogen) atoms. The maximum Gasteiger partial charge on any atom is 0.225 e. The number of amides is 1. The molecule has 0 bridgehead atoms. The van der Waals surface area contributed by atoms with E-state index in [9.17, 15) is 4.79 Å². The second-order valence-electron chi connectivity index (χ2n) is 10.8. The number of carbonyl (C=O) groups is 1. The maximum absolute atomic E-state index is 13.3. The highest BCUT2D eigenvalue weighted by Gasteiger charge is 2.32. The van der Waals surface area contributed by atoms with Gasteiger partial charge in [-0.05, 0) is 64.4 Å². The van der Waals surface area contributed by atoms with Crippen molar-refractivity contribution >= 4 is 35.2 Å². The number of hydrogen-bond acceptors (Lipinski definition) is 8. The molecule has 2 fully saturated rings. The summed E-state index contributed by atoms with van der Waals surface area (Å²) in [6.07, 6.45) is 7.55. The standard InChI is InChI=1S/C29H41N7O3.ClH/c1-4-38-25-7-5-6-22(18-25)20-36-28-26(19-32-36)27(30-21-31-28)34-12-14-35(15-13-34)29(37)23-8-10-24(11-9-23)39-17-16-33(2)3;/h5-7,18-19,21,23-24H,4,8-17,20H2,1-3H3;1H. The average molecular weight is 572 g/mol. The average Bonchev–Trinajstić information content (AvgIpc) is 3.36. The minimum absolute atomic E-state index is 0. The number of hydrogen-bond donors (Lipinski definition) is 0. The van der Waals surface area contributed by atoms with E-state index in [4.69, 9.17) is 9.47 Å². The van der Waals surface area contributed by atoms with Gasteiger partial charge in [-0.15, -0.1) is 12.4 Å². The van der Waals surface area contributed by atoms with Gasteiger partial charge in [0.25, 0.3) is 0 Å². The third-order valence-electron chi connectivity index (χ3n) is 7.76. The van der Waals surface area contributed by atoms with Gasteiger partial charge in [0.15, 0.2) is 5.65 Å². The molecule has 3 heterocycles. The van der Waals surface area contributed by atoms with Gasteiger partial charge in [0.2, 0.25) is 5.91 Å². The van der Waals surface area contributed by atoms with Gasteiger partial charge in [0, 0.05) is 38.6 Å². The van der Waals surface area contributed by atoms with Crippen LogP contribution in [0.1, 0.15) is 38.2 Å². The highest BCUT2D eigenvalue weighted by molar-refractivity contribution is 5.87. The maximum atomic E-state index is 13.3. The first kappa shape index (κ1) is 30.0. The molecule has 1 amide bonds. The fraction of sp³-hybridized carbons (Fsp3) is 0.586. The summed E-state index contributed by atoms with van der Waals surface area (Å²) >= 11 is 0. The summed E-state index contributed by atoms with van der Waals surface area (Å²) in [5.41, 5.74) is 1.91. The zero-order valence-electron chi connectivity index (χ0n) is 23.9. The van der Waals surface area contributed by atoms with Crippen molar-refractivity contribution in [3.63, 3.8) is 0 Å². The molecular formula is C29H42ClN7O3. The van der Waals surface area contributed by atoms with Gasteiger partial charge in [-0.25, -0.2) is 14.6 Å². The van der Waals surface area contributed by atoms with Crippen LogP contribution < -0.4 is 9.64 Å². The minimum atomic E-state index is 0. The number of aromatic nitrogens is 4. The van der Waals surface area contributed by atoms with Crippen LogP contribution in [0.25, 0.3) is 11.0 Å². The summed E-state index contributed by atoms with van der Waals surface area (Å²) in [6.45, 7) is 7.84. The molecule has 5 rings (SSSR count). The number of nitrogens with zero attached hydrogens (tertiary/aromatic N) is 7. The van der Waals surface area contributed by atoms with Gasteiger partial charge in [0.05, 0.1) is 37.4 Å². The third-order valence-corrected chi connectivity index (χ3v) is 7.76. The highest BCUT2D eigenvalue weighted by atomic mass is 35.5. The Morgan fingerprint density at radius 2 is 1.85 bits per heavy atom. The lowest BCUT2D eigenvalue weighted by Crippen LogP contribution is -2.51. The normalized spacial score (nSPS) is 19.6. The molecule has 0 spiro atoms. The highest BCUT2D eigenvalue weighted by Crippen LogP contribution is 2.29. The quantitative estimate of drug-likeness (QED) is 0.365. The monoisotopic (exact) mass is 571 g/mol. The Kier molecular flexibility index (Phi) is 10.6. The van der Waals surface area contributed by atoms with Crippen LogP contribution in [-0.4, -0.2) is 102 Å². The second-order valence-corrected chi connectivity index (χ2v) is 10.8. The molecule has 0 unspecified atom stereocenters. The molecule has 0 atom stereocenters. The SMILES string of the molecule is CCOc1cccc(Cn2ncc3c(N4CCN(C(=O)C5CCC(OCCN(C)C)CC5)CC4)ncnc32)c1.Cl. The van der Waals surface area contributed by atoms with Crippen LogP contribution in [0.15, 0.2) is 36.8 Å². The lowest BCUT2D eigenvalue weighted by atomic mass is 9.86. The summed E-state index contributed by atoms with van der Waals surface area (Å²) in [6, 6.07) is 8.07. The molecular weight excluding hydrogens is 530 g/mol. The first-order valence-corrected chi connectivity index (χ1v) is 14.2. The Balaban J connectivity index is 0.00000370. The van der Waals surface area contributed by atoms with Crippen molar-refractivity contribution in [1.82, 2.24) is 29.5 Å². The van der Waals surface area contributed by atoms with E-state index < -0.39 is 0 Å². The van der Waals surface area contributed by atoms with Gasteiger partial charge in [-0.3, -0.25) is 4.79 Å². The Morgan fingerprint density at radius 1 is 1.07 bits per heavy atom. The van der Waals surface area contributed by atoms with Crippen LogP contribution in [-0.2, 0) is 16.1 Å².